The molecule has 0 aromatic rings. The molecule has 6 nitrogen and oxygen atoms in total. The molecule has 0 aromatic carbocycles. The molecule has 2 heterocycles. The number of hydrogen-bond acceptors (Lipinski definition) is 6. The van der Waals surface area contributed by atoms with Gasteiger partial charge in [-0.1, -0.05) is 26.0 Å². The molecular weight excluding hydrogens is 378 g/mol. The minimum Gasteiger partial charge on any atom is -0.505 e. The van der Waals surface area contributed by atoms with E-state index in [-0.39, 0.29) is 6.61 Å². The summed E-state index contributed by atoms with van der Waals surface area (Å²) in [6.07, 6.45) is 17.9. The molecule has 172 valence electrons. The Labute approximate surface area is 183 Å². The zero-order valence-electron chi connectivity index (χ0n) is 19.2. The standard InChI is InChI=1S/C11H17NO.C7H13NO.C6H13NO/c1-10-7-5-3-2-4-6-8-11(9-13)12-10;1-7(6-8)4-3-5-9-2;1-7-6-2-4-8-5-3-6/h6,8,13H,1-5,7,9H2;3,5-8H,4H2,1-2H3;6-7H,2-5H2,1H3/b8-6-,12-11?;5-3+,8-6?;. The molecule has 0 amide bonds. The Bertz CT molecular complexity index is 524. The summed E-state index contributed by atoms with van der Waals surface area (Å²) < 4.78 is 9.84. The molecule has 30 heavy (non-hydrogen) atoms. The van der Waals surface area contributed by atoms with Gasteiger partial charge >= 0.3 is 0 Å². The van der Waals surface area contributed by atoms with E-state index in [1.54, 1.807) is 13.4 Å². The third-order valence-electron chi connectivity index (χ3n) is 4.76. The first-order valence-electron chi connectivity index (χ1n) is 11.0. The lowest BCUT2D eigenvalue weighted by Crippen LogP contribution is -2.31. The Morgan fingerprint density at radius 3 is 2.67 bits per heavy atom. The van der Waals surface area contributed by atoms with Crippen LogP contribution in [0, 0.1) is 11.3 Å². The van der Waals surface area contributed by atoms with Crippen LogP contribution in [0.2, 0.25) is 0 Å². The summed E-state index contributed by atoms with van der Waals surface area (Å²) in [7, 11) is 3.63. The molecule has 1 unspecified atom stereocenters. The van der Waals surface area contributed by atoms with E-state index in [0.29, 0.717) is 12.0 Å². The summed E-state index contributed by atoms with van der Waals surface area (Å²) in [5.74, 6) is 0.330. The molecule has 3 N–H and O–H groups in total. The van der Waals surface area contributed by atoms with Gasteiger partial charge in [-0.05, 0) is 76.3 Å². The number of aliphatic imine (C=N–C) groups is 1. The zero-order valence-corrected chi connectivity index (χ0v) is 19.2. The fourth-order valence-electron chi connectivity index (χ4n) is 2.79. The third kappa shape index (κ3) is 17.1. The van der Waals surface area contributed by atoms with Crippen molar-refractivity contribution < 1.29 is 14.6 Å². The van der Waals surface area contributed by atoms with Gasteiger partial charge in [0.15, 0.2) is 0 Å². The molecule has 2 aliphatic heterocycles. The number of nitrogens with zero attached hydrogens (tertiary/aromatic N) is 1. The number of nitrogens with one attached hydrogen (secondary N) is 2. The second-order valence-corrected chi connectivity index (χ2v) is 7.49. The first kappa shape index (κ1) is 28.2. The van der Waals surface area contributed by atoms with Gasteiger partial charge in [-0.15, -0.1) is 0 Å². The lowest BCUT2D eigenvalue weighted by molar-refractivity contribution is 0.0799. The topological polar surface area (TPSA) is 86.9 Å². The van der Waals surface area contributed by atoms with Crippen LogP contribution >= 0.6 is 0 Å². The molecule has 1 saturated heterocycles. The van der Waals surface area contributed by atoms with E-state index in [1.165, 1.54) is 31.9 Å². The molecule has 2 rings (SSSR count). The SMILES string of the molecule is C=C1CCCCC/C=C\C(CO)=N1.CNC1CCOCC1.CO/C=C/CC(C)C=N. The van der Waals surface area contributed by atoms with Crippen molar-refractivity contribution in [3.63, 3.8) is 0 Å². The van der Waals surface area contributed by atoms with Gasteiger partial charge in [-0.3, -0.25) is 4.99 Å². The lowest BCUT2D eigenvalue weighted by Gasteiger charge is -2.20. The summed E-state index contributed by atoms with van der Waals surface area (Å²) in [4.78, 5) is 4.24. The minimum atomic E-state index is 0.00944. The lowest BCUT2D eigenvalue weighted by atomic mass is 10.1. The van der Waals surface area contributed by atoms with Crippen molar-refractivity contribution in [2.75, 3.05) is 34.0 Å². The van der Waals surface area contributed by atoms with Crippen LogP contribution in [0.3, 0.4) is 0 Å². The fourth-order valence-corrected chi connectivity index (χ4v) is 2.79. The number of allylic oxidation sites excluding steroid dienone is 3. The van der Waals surface area contributed by atoms with Gasteiger partial charge in [0, 0.05) is 25.0 Å². The highest BCUT2D eigenvalue weighted by Crippen LogP contribution is 2.12. The average molecular weight is 422 g/mol. The Balaban J connectivity index is 0.000000438. The summed E-state index contributed by atoms with van der Waals surface area (Å²) in [5, 5.41) is 19.0. The molecular formula is C24H43N3O3. The number of aliphatic hydroxyl groups is 1. The molecule has 0 aliphatic carbocycles. The number of aliphatic hydroxyl groups excluding tert-OH is 1. The Kier molecular flexibility index (Phi) is 19.3. The quantitative estimate of drug-likeness (QED) is 0.430. The smallest absolute Gasteiger partial charge is 0.0852 e. The fraction of sp³-hybridized carbons (Fsp3) is 0.667. The normalized spacial score (nSPS) is 20.0. The highest BCUT2D eigenvalue weighted by Gasteiger charge is 2.09. The van der Waals surface area contributed by atoms with E-state index in [2.05, 4.69) is 27.7 Å². The summed E-state index contributed by atoms with van der Waals surface area (Å²) >= 11 is 0. The predicted octanol–water partition coefficient (Wildman–Crippen LogP) is 4.66. The van der Waals surface area contributed by atoms with Crippen LogP contribution in [-0.2, 0) is 9.47 Å². The van der Waals surface area contributed by atoms with Crippen LogP contribution < -0.4 is 5.32 Å². The highest BCUT2D eigenvalue weighted by atomic mass is 16.5. The number of hydrogen-bond donors (Lipinski definition) is 3. The van der Waals surface area contributed by atoms with Gasteiger partial charge in [0.1, 0.15) is 0 Å². The summed E-state index contributed by atoms with van der Waals surface area (Å²) in [6.45, 7) is 7.73. The summed E-state index contributed by atoms with van der Waals surface area (Å²) in [6, 6.07) is 0.712. The molecule has 0 aromatic heterocycles. The van der Waals surface area contributed by atoms with Crippen molar-refractivity contribution in [1.29, 1.82) is 5.41 Å². The van der Waals surface area contributed by atoms with Crippen LogP contribution in [-0.4, -0.2) is 57.1 Å². The maximum atomic E-state index is 8.96. The number of rotatable bonds is 6. The predicted molar refractivity (Wildman–Crippen MR) is 128 cm³/mol. The maximum Gasteiger partial charge on any atom is 0.0852 e. The largest absolute Gasteiger partial charge is 0.505 e. The van der Waals surface area contributed by atoms with E-state index < -0.39 is 0 Å². The Morgan fingerprint density at radius 2 is 2.10 bits per heavy atom. The van der Waals surface area contributed by atoms with Crippen molar-refractivity contribution >= 4 is 11.9 Å². The van der Waals surface area contributed by atoms with Crippen LogP contribution in [0.5, 0.6) is 0 Å². The molecule has 0 saturated carbocycles. The van der Waals surface area contributed by atoms with E-state index in [4.69, 9.17) is 15.3 Å². The van der Waals surface area contributed by atoms with Crippen LogP contribution in [0.25, 0.3) is 0 Å². The molecule has 2 aliphatic rings. The van der Waals surface area contributed by atoms with E-state index in [1.807, 2.05) is 26.1 Å². The van der Waals surface area contributed by atoms with Gasteiger partial charge in [-0.2, -0.15) is 0 Å². The number of methoxy groups -OCH3 is 1. The highest BCUT2D eigenvalue weighted by molar-refractivity contribution is 5.96. The van der Waals surface area contributed by atoms with Gasteiger partial charge < -0.3 is 25.3 Å². The molecule has 1 fully saturated rings. The second kappa shape index (κ2) is 20.5. The molecule has 0 bridgehead atoms. The minimum absolute atomic E-state index is 0.00944. The molecule has 6 heteroatoms. The molecule has 0 spiro atoms. The average Bonchev–Trinajstić information content (AvgIpc) is 2.79. The number of ether oxygens (including phenoxy) is 2. The van der Waals surface area contributed by atoms with Gasteiger partial charge in [-0.25, -0.2) is 0 Å². The Morgan fingerprint density at radius 1 is 1.37 bits per heavy atom. The van der Waals surface area contributed by atoms with Crippen LogP contribution in [0.1, 0.15) is 58.3 Å². The first-order valence-corrected chi connectivity index (χ1v) is 11.0. The summed E-state index contributed by atoms with van der Waals surface area (Å²) in [5.41, 5.74) is 1.61. The van der Waals surface area contributed by atoms with Gasteiger partial charge in [0.25, 0.3) is 0 Å². The molecule has 0 radical (unpaired) electrons. The molecule has 1 atom stereocenters. The van der Waals surface area contributed by atoms with Gasteiger partial charge in [0.05, 0.1) is 25.7 Å². The van der Waals surface area contributed by atoms with Crippen LogP contribution in [0.15, 0.2) is 41.8 Å². The van der Waals surface area contributed by atoms with Gasteiger partial charge in [0.2, 0.25) is 0 Å². The van der Waals surface area contributed by atoms with E-state index in [9.17, 15) is 0 Å². The maximum absolute atomic E-state index is 8.96. The van der Waals surface area contributed by atoms with Crippen molar-refractivity contribution in [2.45, 2.75) is 64.3 Å². The zero-order chi connectivity index (χ0) is 22.5. The van der Waals surface area contributed by atoms with Crippen molar-refractivity contribution in [3.05, 3.63) is 36.8 Å². The van der Waals surface area contributed by atoms with E-state index in [0.717, 1.165) is 50.3 Å². The van der Waals surface area contributed by atoms with Crippen molar-refractivity contribution in [2.24, 2.45) is 10.9 Å². The second-order valence-electron chi connectivity index (χ2n) is 7.49. The van der Waals surface area contributed by atoms with Crippen molar-refractivity contribution in [3.8, 4) is 0 Å². The van der Waals surface area contributed by atoms with Crippen molar-refractivity contribution in [1.82, 2.24) is 5.32 Å². The monoisotopic (exact) mass is 421 g/mol. The van der Waals surface area contributed by atoms with Crippen LogP contribution in [0.4, 0.5) is 0 Å². The third-order valence-corrected chi connectivity index (χ3v) is 4.76. The van der Waals surface area contributed by atoms with E-state index >= 15 is 0 Å². The first-order chi connectivity index (χ1) is 14.6. The Hall–Kier alpha value is -1.76.